The summed E-state index contributed by atoms with van der Waals surface area (Å²) in [5, 5.41) is 12.3. The first-order valence-electron chi connectivity index (χ1n) is 16.0. The summed E-state index contributed by atoms with van der Waals surface area (Å²) in [7, 11) is 0. The van der Waals surface area contributed by atoms with Crippen LogP contribution in [0.1, 0.15) is 41.6 Å². The van der Waals surface area contributed by atoms with Gasteiger partial charge in [-0.2, -0.15) is 0 Å². The molecule has 0 radical (unpaired) electrons. The number of carbonyl (C=O) groups excluding carboxylic acids is 1. The van der Waals surface area contributed by atoms with Crippen LogP contribution >= 0.6 is 34.8 Å². The molecule has 2 aliphatic rings. The van der Waals surface area contributed by atoms with E-state index in [4.69, 9.17) is 44.3 Å². The molecule has 0 aliphatic carbocycles. The highest BCUT2D eigenvalue weighted by atomic mass is 35.6. The van der Waals surface area contributed by atoms with Gasteiger partial charge >= 0.3 is 0 Å². The lowest BCUT2D eigenvalue weighted by molar-refractivity contribution is -0.276. The lowest BCUT2D eigenvalue weighted by Crippen LogP contribution is -2.51. The molecule has 6 rings (SSSR count). The van der Waals surface area contributed by atoms with E-state index in [0.29, 0.717) is 0 Å². The van der Waals surface area contributed by atoms with Gasteiger partial charge in [-0.3, -0.25) is 9.69 Å². The zero-order valence-electron chi connectivity index (χ0n) is 26.5. The molecule has 1 aromatic heterocycles. The fraction of sp³-hybridized carbons (Fsp3) is 0.361. The average molecular weight is 711 g/mol. The van der Waals surface area contributed by atoms with Gasteiger partial charge in [-0.05, 0) is 46.0 Å². The summed E-state index contributed by atoms with van der Waals surface area (Å²) in [5.74, 6) is 0.152. The standard InChI is InChI=1S/C36H38Cl3N5O4/c1-24-31(22-43-15-17-44(18-16-43)35-40-13-4-14-41-35)47-33(48-32(24)27-11-9-25(23-45)10-12-27)30-8-3-7-29(20-30)28-6-2-5-26(19-28)21-42-34(46)36(37,38)39/h2-14,19-20,24,31-33,45H,15-18,21-23H2,1H3,(H,42,46). The Morgan fingerprint density at radius 2 is 1.56 bits per heavy atom. The van der Waals surface area contributed by atoms with E-state index in [9.17, 15) is 9.90 Å². The van der Waals surface area contributed by atoms with Crippen LogP contribution < -0.4 is 10.2 Å². The number of aliphatic hydroxyl groups is 1. The van der Waals surface area contributed by atoms with E-state index < -0.39 is 16.0 Å². The van der Waals surface area contributed by atoms with Crippen molar-refractivity contribution in [2.24, 2.45) is 5.92 Å². The van der Waals surface area contributed by atoms with Crippen molar-refractivity contribution in [2.75, 3.05) is 37.6 Å². The fourth-order valence-electron chi connectivity index (χ4n) is 6.18. The number of anilines is 1. The molecule has 1 amide bonds. The summed E-state index contributed by atoms with van der Waals surface area (Å²) in [6, 6.07) is 25.8. The van der Waals surface area contributed by atoms with Crippen molar-refractivity contribution in [3.63, 3.8) is 0 Å². The minimum absolute atomic E-state index is 0.0109. The summed E-state index contributed by atoms with van der Waals surface area (Å²) in [5.41, 5.74) is 5.62. The molecular formula is C36H38Cl3N5O4. The number of alkyl halides is 3. The number of nitrogens with one attached hydrogen (secondary N) is 1. The van der Waals surface area contributed by atoms with Crippen LogP contribution in [0.25, 0.3) is 11.1 Å². The monoisotopic (exact) mass is 709 g/mol. The molecule has 0 spiro atoms. The van der Waals surface area contributed by atoms with Crippen LogP contribution in [0.2, 0.25) is 0 Å². The lowest BCUT2D eigenvalue weighted by Gasteiger charge is -2.44. The van der Waals surface area contributed by atoms with Crippen molar-refractivity contribution in [3.8, 4) is 11.1 Å². The molecule has 12 heteroatoms. The quantitative estimate of drug-likeness (QED) is 0.197. The number of piperazine rings is 1. The Morgan fingerprint density at radius 1 is 0.875 bits per heavy atom. The zero-order valence-corrected chi connectivity index (χ0v) is 28.8. The number of nitrogens with zero attached hydrogens (tertiary/aromatic N) is 4. The topological polar surface area (TPSA) is 100 Å². The molecule has 9 nitrogen and oxygen atoms in total. The highest BCUT2D eigenvalue weighted by Crippen LogP contribution is 2.42. The van der Waals surface area contributed by atoms with Crippen LogP contribution in [0, 0.1) is 5.92 Å². The second kappa shape index (κ2) is 15.5. The Morgan fingerprint density at radius 3 is 2.25 bits per heavy atom. The third kappa shape index (κ3) is 8.47. The average Bonchev–Trinajstić information content (AvgIpc) is 3.12. The summed E-state index contributed by atoms with van der Waals surface area (Å²) >= 11 is 17.1. The van der Waals surface area contributed by atoms with Gasteiger partial charge < -0.3 is 24.8 Å². The van der Waals surface area contributed by atoms with Gasteiger partial charge in [-0.15, -0.1) is 0 Å². The number of carbonyl (C=O) groups is 1. The number of rotatable bonds is 9. The Bertz CT molecular complexity index is 1670. The van der Waals surface area contributed by atoms with Gasteiger partial charge in [0, 0.05) is 63.1 Å². The molecule has 2 N–H and O–H groups in total. The van der Waals surface area contributed by atoms with Crippen molar-refractivity contribution < 1.29 is 19.4 Å². The van der Waals surface area contributed by atoms with Gasteiger partial charge in [-0.25, -0.2) is 9.97 Å². The number of halogens is 3. The van der Waals surface area contributed by atoms with Gasteiger partial charge in [0.15, 0.2) is 6.29 Å². The number of aromatic nitrogens is 2. The van der Waals surface area contributed by atoms with Gasteiger partial charge in [0.2, 0.25) is 5.95 Å². The first-order valence-corrected chi connectivity index (χ1v) is 17.1. The molecule has 3 aromatic carbocycles. The molecule has 4 aromatic rings. The SMILES string of the molecule is CC1C(CN2CCN(c3ncccn3)CC2)OC(c2cccc(-c3cccc(CNC(=O)C(Cl)(Cl)Cl)c3)c2)OC1c1ccc(CO)cc1. The minimum Gasteiger partial charge on any atom is -0.392 e. The van der Waals surface area contributed by atoms with E-state index in [1.165, 1.54) is 0 Å². The van der Waals surface area contributed by atoms with Gasteiger partial charge in [0.25, 0.3) is 9.70 Å². The van der Waals surface area contributed by atoms with Crippen molar-refractivity contribution >= 4 is 46.7 Å². The molecule has 2 aliphatic heterocycles. The second-order valence-electron chi connectivity index (χ2n) is 12.2. The van der Waals surface area contributed by atoms with Crippen LogP contribution in [0.15, 0.2) is 91.3 Å². The highest BCUT2D eigenvalue weighted by molar-refractivity contribution is 6.76. The van der Waals surface area contributed by atoms with E-state index in [1.807, 2.05) is 72.8 Å². The summed E-state index contributed by atoms with van der Waals surface area (Å²) < 4.78 is 11.5. The molecule has 48 heavy (non-hydrogen) atoms. The van der Waals surface area contributed by atoms with E-state index in [1.54, 1.807) is 12.4 Å². The first kappa shape index (κ1) is 34.6. The zero-order chi connectivity index (χ0) is 33.7. The number of aliphatic hydroxyl groups excluding tert-OH is 1. The van der Waals surface area contributed by atoms with E-state index in [0.717, 1.165) is 72.1 Å². The van der Waals surface area contributed by atoms with Crippen molar-refractivity contribution in [3.05, 3.63) is 114 Å². The van der Waals surface area contributed by atoms with Crippen LogP contribution in [0.3, 0.4) is 0 Å². The number of ether oxygens (including phenoxy) is 2. The molecule has 0 saturated carbocycles. The predicted molar refractivity (Wildman–Crippen MR) is 188 cm³/mol. The van der Waals surface area contributed by atoms with Crippen LogP contribution in [0.5, 0.6) is 0 Å². The molecule has 252 valence electrons. The highest BCUT2D eigenvalue weighted by Gasteiger charge is 2.39. The predicted octanol–water partition coefficient (Wildman–Crippen LogP) is 6.24. The summed E-state index contributed by atoms with van der Waals surface area (Å²) in [6.45, 7) is 6.58. The summed E-state index contributed by atoms with van der Waals surface area (Å²) in [4.78, 5) is 25.6. The van der Waals surface area contributed by atoms with Gasteiger partial charge in [0.1, 0.15) is 0 Å². The molecule has 0 bridgehead atoms. The fourth-order valence-corrected chi connectivity index (χ4v) is 6.38. The Hall–Kier alpha value is -3.28. The minimum atomic E-state index is -2.02. The van der Waals surface area contributed by atoms with Crippen LogP contribution in [-0.4, -0.2) is 68.5 Å². The maximum absolute atomic E-state index is 12.1. The maximum atomic E-state index is 12.1. The lowest BCUT2D eigenvalue weighted by atomic mass is 9.89. The van der Waals surface area contributed by atoms with E-state index in [-0.39, 0.29) is 31.3 Å². The molecule has 3 heterocycles. The van der Waals surface area contributed by atoms with Crippen molar-refractivity contribution in [1.82, 2.24) is 20.2 Å². The Balaban J connectivity index is 1.21. The molecular weight excluding hydrogens is 673 g/mol. The molecule has 4 unspecified atom stereocenters. The van der Waals surface area contributed by atoms with Crippen molar-refractivity contribution in [2.45, 2.75) is 42.4 Å². The van der Waals surface area contributed by atoms with Crippen LogP contribution in [-0.2, 0) is 27.4 Å². The smallest absolute Gasteiger partial charge is 0.272 e. The third-order valence-electron chi connectivity index (χ3n) is 8.90. The maximum Gasteiger partial charge on any atom is 0.272 e. The van der Waals surface area contributed by atoms with E-state index >= 15 is 0 Å². The number of amides is 1. The Kier molecular flexibility index (Phi) is 11.2. The molecule has 2 saturated heterocycles. The first-order chi connectivity index (χ1) is 23.2. The van der Waals surface area contributed by atoms with Crippen molar-refractivity contribution in [1.29, 1.82) is 0 Å². The third-order valence-corrected chi connectivity index (χ3v) is 9.41. The second-order valence-corrected chi connectivity index (χ2v) is 14.4. The largest absolute Gasteiger partial charge is 0.392 e. The van der Waals surface area contributed by atoms with Gasteiger partial charge in [-0.1, -0.05) is 102 Å². The van der Waals surface area contributed by atoms with Crippen LogP contribution in [0.4, 0.5) is 5.95 Å². The summed E-state index contributed by atoms with van der Waals surface area (Å²) in [6.07, 6.45) is 2.65. The molecule has 2 fully saturated rings. The number of hydrogen-bond donors (Lipinski definition) is 2. The number of hydrogen-bond acceptors (Lipinski definition) is 8. The molecule has 4 atom stereocenters. The number of benzene rings is 3. The van der Waals surface area contributed by atoms with Gasteiger partial charge in [0.05, 0.1) is 18.8 Å². The van der Waals surface area contributed by atoms with E-state index in [2.05, 4.69) is 38.1 Å². The normalized spacial score (nSPS) is 22.0. The Labute approximate surface area is 295 Å².